The van der Waals surface area contributed by atoms with Crippen molar-refractivity contribution in [1.82, 2.24) is 4.90 Å². The Morgan fingerprint density at radius 1 is 1.25 bits per heavy atom. The second-order valence-electron chi connectivity index (χ2n) is 5.95. The van der Waals surface area contributed by atoms with Crippen molar-refractivity contribution in [1.29, 1.82) is 0 Å². The average molecular weight is 358 g/mol. The van der Waals surface area contributed by atoms with E-state index in [4.69, 9.17) is 0 Å². The van der Waals surface area contributed by atoms with Gasteiger partial charge in [-0.1, -0.05) is 0 Å². The molecule has 0 unspecified atom stereocenters. The fraction of sp³-hybridized carbons (Fsp3) is 0.500. The smallest absolute Gasteiger partial charge is 0.343 e. The maximum atomic E-state index is 12.7. The lowest BCUT2D eigenvalue weighted by Gasteiger charge is -2.29. The Balaban J connectivity index is 1.70. The van der Waals surface area contributed by atoms with E-state index < -0.39 is 22.9 Å². The average Bonchev–Trinajstić information content (AvgIpc) is 2.55. The fourth-order valence-electron chi connectivity index (χ4n) is 2.89. The van der Waals surface area contributed by atoms with Gasteiger partial charge in [0.25, 0.3) is 0 Å². The number of amides is 2. The number of rotatable bonds is 2. The molecule has 8 heteroatoms. The standard InChI is InChI=1S/C16H17F3N2O2S/c17-16(18,19)10-4-5-12-11(8-10)20-15(23)13(24-12)9-14(22)21-6-2-1-3-7-21/h4-5,8,13H,1-3,6-7,9H2,(H,20,23)/t13-/m1/s1. The Morgan fingerprint density at radius 2 is 1.96 bits per heavy atom. The van der Waals surface area contributed by atoms with Gasteiger partial charge in [0, 0.05) is 24.4 Å². The molecule has 0 aliphatic carbocycles. The molecule has 1 aromatic rings. The lowest BCUT2D eigenvalue weighted by Crippen LogP contribution is -2.40. The van der Waals surface area contributed by atoms with Crippen molar-refractivity contribution in [3.8, 4) is 0 Å². The number of alkyl halides is 3. The molecule has 0 bridgehead atoms. The first-order chi connectivity index (χ1) is 11.3. The van der Waals surface area contributed by atoms with Crippen LogP contribution in [0, 0.1) is 0 Å². The lowest BCUT2D eigenvalue weighted by molar-refractivity contribution is -0.137. The van der Waals surface area contributed by atoms with Gasteiger partial charge in [0.2, 0.25) is 11.8 Å². The number of benzene rings is 1. The maximum Gasteiger partial charge on any atom is 0.416 e. The van der Waals surface area contributed by atoms with Crippen LogP contribution >= 0.6 is 11.8 Å². The molecule has 0 radical (unpaired) electrons. The molecule has 130 valence electrons. The molecule has 3 rings (SSSR count). The number of carbonyl (C=O) groups is 2. The quantitative estimate of drug-likeness (QED) is 0.880. The normalized spacial score (nSPS) is 21.2. The van der Waals surface area contributed by atoms with Crippen LogP contribution in [0.3, 0.4) is 0 Å². The van der Waals surface area contributed by atoms with Crippen molar-refractivity contribution in [2.75, 3.05) is 18.4 Å². The highest BCUT2D eigenvalue weighted by Crippen LogP contribution is 2.40. The molecule has 0 saturated carbocycles. The summed E-state index contributed by atoms with van der Waals surface area (Å²) < 4.78 is 38.2. The van der Waals surface area contributed by atoms with Crippen LogP contribution in [0.4, 0.5) is 18.9 Å². The number of hydrogen-bond donors (Lipinski definition) is 1. The van der Waals surface area contributed by atoms with Crippen LogP contribution in [0.1, 0.15) is 31.2 Å². The van der Waals surface area contributed by atoms with Crippen molar-refractivity contribution in [3.63, 3.8) is 0 Å². The molecule has 1 fully saturated rings. The number of thioether (sulfide) groups is 1. The number of nitrogens with one attached hydrogen (secondary N) is 1. The van der Waals surface area contributed by atoms with Crippen LogP contribution in [-0.2, 0) is 15.8 Å². The highest BCUT2D eigenvalue weighted by Gasteiger charge is 2.35. The fourth-order valence-corrected chi connectivity index (χ4v) is 3.97. The molecule has 4 nitrogen and oxygen atoms in total. The number of anilines is 1. The first-order valence-electron chi connectivity index (χ1n) is 7.81. The van der Waals surface area contributed by atoms with Gasteiger partial charge in [-0.15, -0.1) is 11.8 Å². The molecule has 2 amide bonds. The van der Waals surface area contributed by atoms with E-state index in [0.717, 1.165) is 43.2 Å². The van der Waals surface area contributed by atoms with Crippen LogP contribution in [0.2, 0.25) is 0 Å². The molecule has 2 aliphatic rings. The minimum Gasteiger partial charge on any atom is -0.343 e. The first kappa shape index (κ1) is 17.1. The topological polar surface area (TPSA) is 49.4 Å². The number of hydrogen-bond acceptors (Lipinski definition) is 3. The summed E-state index contributed by atoms with van der Waals surface area (Å²) in [4.78, 5) is 26.8. The number of nitrogens with zero attached hydrogens (tertiary/aromatic N) is 1. The Bertz CT molecular complexity index is 657. The van der Waals surface area contributed by atoms with E-state index in [0.29, 0.717) is 18.0 Å². The summed E-state index contributed by atoms with van der Waals surface area (Å²) in [5.41, 5.74) is -0.647. The number of likely N-dealkylation sites (tertiary alicyclic amines) is 1. The van der Waals surface area contributed by atoms with Gasteiger partial charge in [0.1, 0.15) is 0 Å². The van der Waals surface area contributed by atoms with E-state index in [2.05, 4.69) is 5.32 Å². The summed E-state index contributed by atoms with van der Waals surface area (Å²) in [5, 5.41) is 1.89. The molecule has 1 atom stereocenters. The zero-order valence-electron chi connectivity index (χ0n) is 12.9. The lowest BCUT2D eigenvalue weighted by atomic mass is 10.1. The Kier molecular flexibility index (Phi) is 4.76. The largest absolute Gasteiger partial charge is 0.416 e. The van der Waals surface area contributed by atoms with Crippen molar-refractivity contribution >= 4 is 29.3 Å². The molecular weight excluding hydrogens is 341 g/mol. The van der Waals surface area contributed by atoms with Gasteiger partial charge in [-0.25, -0.2) is 0 Å². The summed E-state index contributed by atoms with van der Waals surface area (Å²) in [7, 11) is 0. The second-order valence-corrected chi connectivity index (χ2v) is 7.19. The van der Waals surface area contributed by atoms with Gasteiger partial charge in [-0.2, -0.15) is 13.2 Å². The molecule has 1 aromatic carbocycles. The van der Waals surface area contributed by atoms with Gasteiger partial charge in [-0.05, 0) is 37.5 Å². The number of carbonyl (C=O) groups excluding carboxylic acids is 2. The van der Waals surface area contributed by atoms with Crippen LogP contribution < -0.4 is 5.32 Å². The number of halogens is 3. The molecule has 2 heterocycles. The van der Waals surface area contributed by atoms with Gasteiger partial charge >= 0.3 is 6.18 Å². The van der Waals surface area contributed by atoms with Crippen molar-refractivity contribution in [2.24, 2.45) is 0 Å². The Morgan fingerprint density at radius 3 is 2.62 bits per heavy atom. The number of fused-ring (bicyclic) bond motifs is 1. The summed E-state index contributed by atoms with van der Waals surface area (Å²) in [6.45, 7) is 1.42. The molecule has 0 aromatic heterocycles. The second kappa shape index (κ2) is 6.66. The predicted molar refractivity (Wildman–Crippen MR) is 84.8 cm³/mol. The zero-order valence-corrected chi connectivity index (χ0v) is 13.7. The zero-order chi connectivity index (χ0) is 17.3. The molecule has 0 spiro atoms. The van der Waals surface area contributed by atoms with Crippen LogP contribution in [0.5, 0.6) is 0 Å². The molecule has 1 N–H and O–H groups in total. The van der Waals surface area contributed by atoms with E-state index in [1.54, 1.807) is 4.90 Å². The van der Waals surface area contributed by atoms with E-state index in [1.807, 2.05) is 0 Å². The van der Waals surface area contributed by atoms with Gasteiger partial charge in [0.15, 0.2) is 0 Å². The van der Waals surface area contributed by atoms with E-state index in [1.165, 1.54) is 6.07 Å². The number of piperidine rings is 1. The Labute approximate surface area is 141 Å². The van der Waals surface area contributed by atoms with E-state index in [9.17, 15) is 22.8 Å². The predicted octanol–water partition coefficient (Wildman–Crippen LogP) is 3.52. The third-order valence-electron chi connectivity index (χ3n) is 4.20. The van der Waals surface area contributed by atoms with Crippen molar-refractivity contribution in [3.05, 3.63) is 23.8 Å². The monoisotopic (exact) mass is 358 g/mol. The van der Waals surface area contributed by atoms with Crippen LogP contribution in [-0.4, -0.2) is 35.1 Å². The minimum absolute atomic E-state index is 0.0664. The van der Waals surface area contributed by atoms with Crippen LogP contribution in [0.15, 0.2) is 23.1 Å². The summed E-state index contributed by atoms with van der Waals surface area (Å²) >= 11 is 1.15. The van der Waals surface area contributed by atoms with E-state index >= 15 is 0 Å². The van der Waals surface area contributed by atoms with Crippen molar-refractivity contribution < 1.29 is 22.8 Å². The van der Waals surface area contributed by atoms with Gasteiger partial charge in [0.05, 0.1) is 16.5 Å². The van der Waals surface area contributed by atoms with Crippen molar-refractivity contribution in [2.45, 2.75) is 42.0 Å². The molecule has 1 saturated heterocycles. The first-order valence-corrected chi connectivity index (χ1v) is 8.69. The summed E-state index contributed by atoms with van der Waals surface area (Å²) in [5.74, 6) is -0.491. The summed E-state index contributed by atoms with van der Waals surface area (Å²) in [6.07, 6.45) is -1.34. The highest BCUT2D eigenvalue weighted by atomic mass is 32.2. The van der Waals surface area contributed by atoms with Gasteiger partial charge < -0.3 is 10.2 Å². The SMILES string of the molecule is O=C1Nc2cc(C(F)(F)F)ccc2S[C@@H]1CC(=O)N1CCCCC1. The summed E-state index contributed by atoms with van der Waals surface area (Å²) in [6, 6.07) is 3.27. The third-order valence-corrected chi connectivity index (χ3v) is 5.47. The maximum absolute atomic E-state index is 12.7. The van der Waals surface area contributed by atoms with Gasteiger partial charge in [-0.3, -0.25) is 9.59 Å². The third kappa shape index (κ3) is 3.68. The molecular formula is C16H17F3N2O2S. The van der Waals surface area contributed by atoms with Crippen LogP contribution in [0.25, 0.3) is 0 Å². The Hall–Kier alpha value is -1.70. The molecule has 24 heavy (non-hydrogen) atoms. The minimum atomic E-state index is -4.45. The highest BCUT2D eigenvalue weighted by molar-refractivity contribution is 8.01. The molecule has 2 aliphatic heterocycles. The van der Waals surface area contributed by atoms with E-state index in [-0.39, 0.29) is 18.0 Å².